The Labute approximate surface area is 193 Å². The Bertz CT molecular complexity index is 1550. The van der Waals surface area contributed by atoms with Crippen molar-refractivity contribution in [1.82, 2.24) is 9.38 Å². The van der Waals surface area contributed by atoms with Gasteiger partial charge in [0, 0.05) is 0 Å². The molecule has 0 aliphatic heterocycles. The van der Waals surface area contributed by atoms with Gasteiger partial charge in [0.1, 0.15) is 6.61 Å². The minimum absolute atomic E-state index is 0.103. The molecule has 0 saturated carbocycles. The molecule has 2 aromatic heterocycles. The van der Waals surface area contributed by atoms with Gasteiger partial charge in [-0.05, 0) is 48.4 Å². The molecule has 0 atom stereocenters. The highest BCUT2D eigenvalue weighted by Crippen LogP contribution is 2.37. The zero-order valence-corrected chi connectivity index (χ0v) is 19.0. The summed E-state index contributed by atoms with van der Waals surface area (Å²) in [6.45, 7) is 2.42. The summed E-state index contributed by atoms with van der Waals surface area (Å²) in [5.74, 6) is 0.983. The van der Waals surface area contributed by atoms with Gasteiger partial charge in [0.25, 0.3) is 5.56 Å². The van der Waals surface area contributed by atoms with Gasteiger partial charge < -0.3 is 9.47 Å². The number of benzene rings is 3. The maximum atomic E-state index is 13.0. The summed E-state index contributed by atoms with van der Waals surface area (Å²) in [7, 11) is 1.57. The second-order valence-electron chi connectivity index (χ2n) is 7.44. The first-order chi connectivity index (χ1) is 15.5. The standard InChI is InChI=1S/C25H19ClN2O3S/c1-15-7-9-16(10-8-15)14-31-23-18(26)11-17(12-21(23)30-2)13-22-24(29)28-20-6-4-3-5-19(20)27-25(28)32-22/h3-13H,14H2,1-2H3/b22-13-. The van der Waals surface area contributed by atoms with Crippen LogP contribution < -0.4 is 19.6 Å². The molecule has 0 spiro atoms. The van der Waals surface area contributed by atoms with Crippen LogP contribution in [0.4, 0.5) is 0 Å². The molecular weight excluding hydrogens is 444 g/mol. The minimum Gasteiger partial charge on any atom is -0.493 e. The van der Waals surface area contributed by atoms with E-state index in [0.717, 1.165) is 22.2 Å². The van der Waals surface area contributed by atoms with Crippen LogP contribution in [0.25, 0.3) is 22.1 Å². The summed E-state index contributed by atoms with van der Waals surface area (Å²) in [6.07, 6.45) is 1.80. The van der Waals surface area contributed by atoms with Crippen LogP contribution in [0.5, 0.6) is 11.5 Å². The highest BCUT2D eigenvalue weighted by Gasteiger charge is 2.14. The first-order valence-corrected chi connectivity index (χ1v) is 11.2. The molecule has 32 heavy (non-hydrogen) atoms. The first kappa shape index (κ1) is 20.5. The minimum atomic E-state index is -0.103. The normalized spacial score (nSPS) is 12.0. The fourth-order valence-electron chi connectivity index (χ4n) is 3.57. The van der Waals surface area contributed by atoms with Gasteiger partial charge in [-0.1, -0.05) is 64.9 Å². The summed E-state index contributed by atoms with van der Waals surface area (Å²) < 4.78 is 13.7. The molecule has 0 aliphatic carbocycles. The Morgan fingerprint density at radius 2 is 1.91 bits per heavy atom. The van der Waals surface area contributed by atoms with E-state index in [1.165, 1.54) is 16.9 Å². The molecule has 0 N–H and O–H groups in total. The predicted octanol–water partition coefficient (Wildman–Crippen LogP) is 5.01. The third-order valence-corrected chi connectivity index (χ3v) is 6.45. The molecule has 5 aromatic rings. The molecular formula is C25H19ClN2O3S. The van der Waals surface area contributed by atoms with E-state index in [2.05, 4.69) is 4.98 Å². The van der Waals surface area contributed by atoms with Crippen molar-refractivity contribution in [3.63, 3.8) is 0 Å². The summed E-state index contributed by atoms with van der Waals surface area (Å²) in [4.78, 5) is 18.2. The SMILES string of the molecule is COc1cc(/C=c2\sc3nc4ccccc4n3c2=O)cc(Cl)c1OCc1ccc(C)cc1. The van der Waals surface area contributed by atoms with Gasteiger partial charge in [-0.25, -0.2) is 9.38 Å². The number of imidazole rings is 1. The van der Waals surface area contributed by atoms with Crippen LogP contribution in [0.1, 0.15) is 16.7 Å². The lowest BCUT2D eigenvalue weighted by molar-refractivity contribution is 0.284. The molecule has 0 saturated heterocycles. The number of fused-ring (bicyclic) bond motifs is 3. The van der Waals surface area contributed by atoms with Crippen LogP contribution >= 0.6 is 22.9 Å². The Hall–Kier alpha value is -3.35. The number of para-hydroxylation sites is 2. The second-order valence-corrected chi connectivity index (χ2v) is 8.86. The van der Waals surface area contributed by atoms with Crippen molar-refractivity contribution in [2.24, 2.45) is 0 Å². The maximum Gasteiger partial charge on any atom is 0.274 e. The topological polar surface area (TPSA) is 52.8 Å². The molecule has 0 radical (unpaired) electrons. The van der Waals surface area contributed by atoms with Gasteiger partial charge in [0.2, 0.25) is 0 Å². The number of halogens is 1. The van der Waals surface area contributed by atoms with Crippen LogP contribution in [0.3, 0.4) is 0 Å². The quantitative estimate of drug-likeness (QED) is 0.368. The summed E-state index contributed by atoms with van der Waals surface area (Å²) in [5.41, 5.74) is 4.49. The maximum absolute atomic E-state index is 13.0. The average Bonchev–Trinajstić information content (AvgIpc) is 3.30. The van der Waals surface area contributed by atoms with Crippen LogP contribution in [-0.4, -0.2) is 16.5 Å². The molecule has 7 heteroatoms. The van der Waals surface area contributed by atoms with E-state index in [1.807, 2.05) is 61.5 Å². The molecule has 2 heterocycles. The van der Waals surface area contributed by atoms with Gasteiger partial charge in [-0.15, -0.1) is 0 Å². The number of hydrogen-bond donors (Lipinski definition) is 0. The smallest absolute Gasteiger partial charge is 0.274 e. The predicted molar refractivity (Wildman–Crippen MR) is 129 cm³/mol. The molecule has 0 amide bonds. The van der Waals surface area contributed by atoms with E-state index in [1.54, 1.807) is 23.7 Å². The number of thiazole rings is 1. The van der Waals surface area contributed by atoms with Crippen molar-refractivity contribution >= 4 is 45.0 Å². The number of ether oxygens (including phenoxy) is 2. The van der Waals surface area contributed by atoms with Crippen molar-refractivity contribution in [1.29, 1.82) is 0 Å². The Balaban J connectivity index is 1.51. The van der Waals surface area contributed by atoms with Crippen LogP contribution in [0.15, 0.2) is 65.5 Å². The lowest BCUT2D eigenvalue weighted by Gasteiger charge is -2.13. The number of methoxy groups -OCH3 is 1. The molecule has 5 nitrogen and oxygen atoms in total. The van der Waals surface area contributed by atoms with Crippen LogP contribution in [0.2, 0.25) is 5.02 Å². The molecule has 5 rings (SSSR count). The van der Waals surface area contributed by atoms with Crippen molar-refractivity contribution in [2.75, 3.05) is 7.11 Å². The van der Waals surface area contributed by atoms with E-state index in [9.17, 15) is 4.79 Å². The van der Waals surface area contributed by atoms with E-state index < -0.39 is 0 Å². The fraction of sp³-hybridized carbons (Fsp3) is 0.120. The van der Waals surface area contributed by atoms with E-state index in [0.29, 0.717) is 32.6 Å². The monoisotopic (exact) mass is 462 g/mol. The van der Waals surface area contributed by atoms with E-state index in [4.69, 9.17) is 21.1 Å². The number of nitrogens with zero attached hydrogens (tertiary/aromatic N) is 2. The number of aromatic nitrogens is 2. The lowest BCUT2D eigenvalue weighted by Crippen LogP contribution is -2.22. The van der Waals surface area contributed by atoms with Gasteiger partial charge >= 0.3 is 0 Å². The summed E-state index contributed by atoms with van der Waals surface area (Å²) >= 11 is 7.87. The van der Waals surface area contributed by atoms with E-state index in [-0.39, 0.29) is 5.56 Å². The number of rotatable bonds is 5. The third kappa shape index (κ3) is 3.72. The molecule has 0 fully saturated rings. The zero-order valence-electron chi connectivity index (χ0n) is 17.5. The molecule has 0 unspecified atom stereocenters. The molecule has 0 bridgehead atoms. The highest BCUT2D eigenvalue weighted by molar-refractivity contribution is 7.15. The van der Waals surface area contributed by atoms with Crippen molar-refractivity contribution in [3.05, 3.63) is 97.3 Å². The van der Waals surface area contributed by atoms with Crippen molar-refractivity contribution in [3.8, 4) is 11.5 Å². The Morgan fingerprint density at radius 3 is 2.69 bits per heavy atom. The van der Waals surface area contributed by atoms with Crippen molar-refractivity contribution < 1.29 is 9.47 Å². The molecule has 3 aromatic carbocycles. The number of aryl methyl sites for hydroxylation is 1. The molecule has 0 aliphatic rings. The van der Waals surface area contributed by atoms with Gasteiger partial charge in [0.05, 0.1) is 27.7 Å². The first-order valence-electron chi connectivity index (χ1n) is 10.0. The third-order valence-electron chi connectivity index (χ3n) is 5.20. The largest absolute Gasteiger partial charge is 0.493 e. The van der Waals surface area contributed by atoms with Crippen LogP contribution in [0, 0.1) is 6.92 Å². The van der Waals surface area contributed by atoms with Gasteiger partial charge in [-0.3, -0.25) is 4.79 Å². The Kier molecular flexibility index (Phi) is 5.33. The Morgan fingerprint density at radius 1 is 1.12 bits per heavy atom. The summed E-state index contributed by atoms with van der Waals surface area (Å²) in [6, 6.07) is 19.3. The lowest BCUT2D eigenvalue weighted by atomic mass is 10.1. The average molecular weight is 463 g/mol. The zero-order chi connectivity index (χ0) is 22.2. The van der Waals surface area contributed by atoms with Gasteiger partial charge in [0.15, 0.2) is 16.5 Å². The van der Waals surface area contributed by atoms with Gasteiger partial charge in [-0.2, -0.15) is 0 Å². The van der Waals surface area contributed by atoms with Crippen LogP contribution in [-0.2, 0) is 6.61 Å². The second kappa shape index (κ2) is 8.30. The number of hydrogen-bond acceptors (Lipinski definition) is 5. The molecule has 160 valence electrons. The van der Waals surface area contributed by atoms with Crippen molar-refractivity contribution in [2.45, 2.75) is 13.5 Å². The summed E-state index contributed by atoms with van der Waals surface area (Å²) in [5, 5.41) is 0.418. The highest BCUT2D eigenvalue weighted by atomic mass is 35.5. The van der Waals surface area contributed by atoms with E-state index >= 15 is 0 Å². The fourth-order valence-corrected chi connectivity index (χ4v) is 4.83.